The number of amides is 2. The van der Waals surface area contributed by atoms with Crippen molar-refractivity contribution in [3.63, 3.8) is 0 Å². The van der Waals surface area contributed by atoms with E-state index in [-0.39, 0.29) is 41.3 Å². The summed E-state index contributed by atoms with van der Waals surface area (Å²) in [7, 11) is -1.62. The molecule has 2 aromatic rings. The Kier molecular flexibility index (Phi) is 8.40. The fraction of sp³-hybridized carbons (Fsp3) is 0.348. The van der Waals surface area contributed by atoms with Crippen LogP contribution >= 0.6 is 24.0 Å². The Labute approximate surface area is 195 Å². The second-order valence-corrected chi connectivity index (χ2v) is 10.8. The first kappa shape index (κ1) is 23.6. The number of benzene rings is 2. The predicted octanol–water partition coefficient (Wildman–Crippen LogP) is 3.53. The number of thioether (sulfide) groups is 1. The van der Waals surface area contributed by atoms with Crippen LogP contribution < -0.4 is 5.32 Å². The van der Waals surface area contributed by atoms with Crippen molar-refractivity contribution in [1.29, 1.82) is 0 Å². The second-order valence-electron chi connectivity index (χ2n) is 7.70. The van der Waals surface area contributed by atoms with Gasteiger partial charge in [-0.05, 0) is 17.0 Å². The zero-order chi connectivity index (χ0) is 22.4. The zero-order valence-electron chi connectivity index (χ0n) is 17.5. The van der Waals surface area contributed by atoms with Crippen LogP contribution in [0, 0.1) is 5.92 Å². The van der Waals surface area contributed by atoms with Gasteiger partial charge >= 0.3 is 0 Å². The van der Waals surface area contributed by atoms with Crippen LogP contribution in [0.2, 0.25) is 0 Å². The highest BCUT2D eigenvalue weighted by Crippen LogP contribution is 2.29. The third kappa shape index (κ3) is 6.24. The Morgan fingerprint density at radius 1 is 1.06 bits per heavy atom. The number of carbonyl (C=O) groups excluding carboxylic acids is 2. The van der Waals surface area contributed by atoms with Gasteiger partial charge in [-0.3, -0.25) is 18.7 Å². The maximum Gasteiger partial charge on any atom is 0.240 e. The highest BCUT2D eigenvalue weighted by molar-refractivity contribution is 8.23. The Morgan fingerprint density at radius 2 is 1.61 bits per heavy atom. The molecule has 8 heteroatoms. The Hall–Kier alpha value is -2.03. The van der Waals surface area contributed by atoms with E-state index in [1.165, 1.54) is 11.8 Å². The van der Waals surface area contributed by atoms with E-state index in [4.69, 9.17) is 12.2 Å². The SMILES string of the molecule is CC(C)[C@H]1CSC(=S)N1C(=O)CS(=O)CC(=O)NC(c1ccccc1)c1ccccc1. The highest BCUT2D eigenvalue weighted by atomic mass is 32.2. The molecule has 1 aliphatic heterocycles. The molecule has 2 aromatic carbocycles. The van der Waals surface area contributed by atoms with Crippen molar-refractivity contribution in [2.45, 2.75) is 25.9 Å². The van der Waals surface area contributed by atoms with Gasteiger partial charge in [0.05, 0.1) is 6.04 Å². The Morgan fingerprint density at radius 3 is 2.13 bits per heavy atom. The molecular formula is C23H26N2O3S3. The van der Waals surface area contributed by atoms with Gasteiger partial charge in [-0.2, -0.15) is 0 Å². The predicted molar refractivity (Wildman–Crippen MR) is 131 cm³/mol. The van der Waals surface area contributed by atoms with E-state index in [2.05, 4.69) is 5.32 Å². The molecule has 1 fully saturated rings. The molecule has 0 aliphatic carbocycles. The minimum absolute atomic E-state index is 0.0105. The summed E-state index contributed by atoms with van der Waals surface area (Å²) in [6.07, 6.45) is 0. The van der Waals surface area contributed by atoms with Crippen LogP contribution in [-0.4, -0.2) is 48.5 Å². The van der Waals surface area contributed by atoms with Gasteiger partial charge in [0, 0.05) is 22.6 Å². The third-order valence-electron chi connectivity index (χ3n) is 5.09. The lowest BCUT2D eigenvalue weighted by atomic mass is 9.99. The molecule has 1 saturated heterocycles. The topological polar surface area (TPSA) is 66.5 Å². The molecule has 0 aromatic heterocycles. The zero-order valence-corrected chi connectivity index (χ0v) is 20.0. The van der Waals surface area contributed by atoms with Crippen molar-refractivity contribution in [3.8, 4) is 0 Å². The van der Waals surface area contributed by atoms with Gasteiger partial charge in [0.25, 0.3) is 0 Å². The van der Waals surface area contributed by atoms with Crippen LogP contribution in [-0.2, 0) is 20.4 Å². The fourth-order valence-corrected chi connectivity index (χ4v) is 6.03. The van der Waals surface area contributed by atoms with Crippen LogP contribution in [0.25, 0.3) is 0 Å². The number of nitrogens with one attached hydrogen (secondary N) is 1. The van der Waals surface area contributed by atoms with Crippen molar-refractivity contribution >= 4 is 50.9 Å². The van der Waals surface area contributed by atoms with Crippen molar-refractivity contribution in [2.24, 2.45) is 5.92 Å². The molecule has 0 radical (unpaired) electrons. The standard InChI is InChI=1S/C23H26N2O3S3/c1-16(2)19-13-30-23(29)25(19)21(27)15-31(28)14-20(26)24-22(17-9-5-3-6-10-17)18-11-7-4-8-12-18/h3-12,16,19,22H,13-15H2,1-2H3,(H,24,26)/t19-,31?/m1/s1. The molecule has 1 N–H and O–H groups in total. The monoisotopic (exact) mass is 474 g/mol. The van der Waals surface area contributed by atoms with Crippen LogP contribution in [0.1, 0.15) is 31.0 Å². The lowest BCUT2D eigenvalue weighted by Crippen LogP contribution is -2.44. The summed E-state index contributed by atoms with van der Waals surface area (Å²) in [6.45, 7) is 4.08. The molecule has 0 saturated carbocycles. The molecule has 2 atom stereocenters. The van der Waals surface area contributed by atoms with Gasteiger partial charge < -0.3 is 5.32 Å². The summed E-state index contributed by atoms with van der Waals surface area (Å²) in [5.74, 6) is -0.0671. The van der Waals surface area contributed by atoms with Crippen molar-refractivity contribution in [2.75, 3.05) is 17.3 Å². The van der Waals surface area contributed by atoms with Gasteiger partial charge in [0.15, 0.2) is 0 Å². The fourth-order valence-electron chi connectivity index (χ4n) is 3.47. The third-order valence-corrected chi connectivity index (χ3v) is 7.75. The number of hydrogen-bond acceptors (Lipinski definition) is 5. The van der Waals surface area contributed by atoms with Crippen LogP contribution in [0.4, 0.5) is 0 Å². The normalized spacial score (nSPS) is 17.2. The van der Waals surface area contributed by atoms with Crippen LogP contribution in [0.5, 0.6) is 0 Å². The van der Waals surface area contributed by atoms with Gasteiger partial charge in [0.1, 0.15) is 15.8 Å². The summed E-state index contributed by atoms with van der Waals surface area (Å²) < 4.78 is 13.1. The first-order valence-corrected chi connectivity index (χ1v) is 13.0. The molecule has 31 heavy (non-hydrogen) atoms. The first-order chi connectivity index (χ1) is 14.9. The summed E-state index contributed by atoms with van der Waals surface area (Å²) >= 11 is 6.78. The average molecular weight is 475 g/mol. The lowest BCUT2D eigenvalue weighted by Gasteiger charge is -2.26. The molecule has 1 unspecified atom stereocenters. The molecule has 3 rings (SSSR count). The average Bonchev–Trinajstić information content (AvgIpc) is 3.15. The maximum atomic E-state index is 12.7. The number of hydrogen-bond donors (Lipinski definition) is 1. The molecule has 1 aliphatic rings. The van der Waals surface area contributed by atoms with E-state index in [1.807, 2.05) is 74.5 Å². The second kappa shape index (κ2) is 11.0. The number of thiocarbonyl (C=S) groups is 1. The maximum absolute atomic E-state index is 12.7. The summed E-state index contributed by atoms with van der Waals surface area (Å²) in [5.41, 5.74) is 1.87. The van der Waals surface area contributed by atoms with E-state index in [1.54, 1.807) is 4.90 Å². The summed E-state index contributed by atoms with van der Waals surface area (Å²) in [4.78, 5) is 27.0. The van der Waals surface area contributed by atoms with Crippen LogP contribution in [0.15, 0.2) is 60.7 Å². The minimum atomic E-state index is -1.62. The first-order valence-electron chi connectivity index (χ1n) is 10.1. The van der Waals surface area contributed by atoms with E-state index in [9.17, 15) is 13.8 Å². The largest absolute Gasteiger partial charge is 0.344 e. The van der Waals surface area contributed by atoms with Crippen LogP contribution in [0.3, 0.4) is 0 Å². The number of nitrogens with zero attached hydrogens (tertiary/aromatic N) is 1. The molecule has 164 valence electrons. The minimum Gasteiger partial charge on any atom is -0.344 e. The van der Waals surface area contributed by atoms with Crippen molar-refractivity contribution < 1.29 is 13.8 Å². The van der Waals surface area contributed by atoms with Gasteiger partial charge in [-0.1, -0.05) is 98.5 Å². The van der Waals surface area contributed by atoms with E-state index >= 15 is 0 Å². The Balaban J connectivity index is 1.64. The number of rotatable bonds is 8. The van der Waals surface area contributed by atoms with E-state index in [0.29, 0.717) is 4.32 Å². The molecule has 0 bridgehead atoms. The van der Waals surface area contributed by atoms with E-state index in [0.717, 1.165) is 16.9 Å². The summed E-state index contributed by atoms with van der Waals surface area (Å²) in [5, 5.41) is 2.97. The van der Waals surface area contributed by atoms with Gasteiger partial charge in [-0.15, -0.1) is 0 Å². The molecule has 0 spiro atoms. The smallest absolute Gasteiger partial charge is 0.240 e. The van der Waals surface area contributed by atoms with Gasteiger partial charge in [0.2, 0.25) is 11.8 Å². The van der Waals surface area contributed by atoms with Gasteiger partial charge in [-0.25, -0.2) is 0 Å². The highest BCUT2D eigenvalue weighted by Gasteiger charge is 2.36. The van der Waals surface area contributed by atoms with Crippen molar-refractivity contribution in [1.82, 2.24) is 10.2 Å². The molecular weight excluding hydrogens is 448 g/mol. The molecule has 2 amide bonds. The molecule has 5 nitrogen and oxygen atoms in total. The lowest BCUT2D eigenvalue weighted by molar-refractivity contribution is -0.126. The summed E-state index contributed by atoms with van der Waals surface area (Å²) in [6, 6.07) is 18.9. The quantitative estimate of drug-likeness (QED) is 0.593. The Bertz CT molecular complexity index is 912. The number of carbonyl (C=O) groups is 2. The van der Waals surface area contributed by atoms with E-state index < -0.39 is 10.8 Å². The van der Waals surface area contributed by atoms with Crippen molar-refractivity contribution in [3.05, 3.63) is 71.8 Å². The molecule has 1 heterocycles.